The topological polar surface area (TPSA) is 23.6 Å². The molecule has 0 aromatic heterocycles. The number of nitrogens with zero attached hydrogens (tertiary/aromatic N) is 2. The summed E-state index contributed by atoms with van der Waals surface area (Å²) in [5.74, 6) is 0.125. The first-order valence-electron chi connectivity index (χ1n) is 14.4. The predicted molar refractivity (Wildman–Crippen MR) is 158 cm³/mol. The van der Waals surface area contributed by atoms with E-state index < -0.39 is 0 Å². The molecular formula is C34H46N2O. The van der Waals surface area contributed by atoms with Crippen molar-refractivity contribution in [2.75, 3.05) is 26.2 Å². The van der Waals surface area contributed by atoms with Crippen LogP contribution >= 0.6 is 0 Å². The van der Waals surface area contributed by atoms with E-state index in [1.807, 2.05) is 23.1 Å². The lowest BCUT2D eigenvalue weighted by molar-refractivity contribution is 0.0720. The molecule has 1 amide bonds. The Morgan fingerprint density at radius 3 is 1.76 bits per heavy atom. The molecule has 0 radical (unpaired) electrons. The first kappa shape index (κ1) is 28.7. The lowest BCUT2D eigenvalue weighted by Gasteiger charge is -2.28. The van der Waals surface area contributed by atoms with Crippen molar-refractivity contribution in [1.29, 1.82) is 0 Å². The average molecular weight is 499 g/mol. The van der Waals surface area contributed by atoms with Crippen molar-refractivity contribution in [2.24, 2.45) is 0 Å². The third-order valence-electron chi connectivity index (χ3n) is 7.08. The summed E-state index contributed by atoms with van der Waals surface area (Å²) in [6.45, 7) is 11.2. The zero-order chi connectivity index (χ0) is 26.3. The van der Waals surface area contributed by atoms with Gasteiger partial charge < -0.3 is 9.80 Å². The van der Waals surface area contributed by atoms with Crippen LogP contribution in [-0.4, -0.2) is 41.9 Å². The molecule has 0 saturated carbocycles. The summed E-state index contributed by atoms with van der Waals surface area (Å²) in [6.07, 6.45) is 8.25. The molecule has 0 fully saturated rings. The van der Waals surface area contributed by atoms with Crippen LogP contribution < -0.4 is 0 Å². The monoisotopic (exact) mass is 498 g/mol. The van der Waals surface area contributed by atoms with Gasteiger partial charge in [0, 0.05) is 25.2 Å². The van der Waals surface area contributed by atoms with Gasteiger partial charge in [0.05, 0.1) is 0 Å². The van der Waals surface area contributed by atoms with E-state index in [4.69, 9.17) is 0 Å². The molecule has 3 heteroatoms. The summed E-state index contributed by atoms with van der Waals surface area (Å²) in [5, 5.41) is 0. The third kappa shape index (κ3) is 9.48. The molecule has 0 aliphatic rings. The molecule has 0 aliphatic heterocycles. The second-order valence-electron chi connectivity index (χ2n) is 10.1. The zero-order valence-electron chi connectivity index (χ0n) is 23.3. The lowest BCUT2D eigenvalue weighted by atomic mass is 10.0. The van der Waals surface area contributed by atoms with Gasteiger partial charge in [0.15, 0.2) is 0 Å². The van der Waals surface area contributed by atoms with Gasteiger partial charge in [-0.3, -0.25) is 4.79 Å². The number of unbranched alkanes of at least 4 members (excludes halogenated alkanes) is 3. The highest BCUT2D eigenvalue weighted by atomic mass is 16.2. The summed E-state index contributed by atoms with van der Waals surface area (Å²) in [4.78, 5) is 18.3. The van der Waals surface area contributed by atoms with Gasteiger partial charge in [0.25, 0.3) is 5.91 Å². The van der Waals surface area contributed by atoms with Crippen LogP contribution in [0.25, 0.3) is 11.1 Å². The maximum atomic E-state index is 13.7. The van der Waals surface area contributed by atoms with E-state index in [0.29, 0.717) is 6.54 Å². The van der Waals surface area contributed by atoms with E-state index >= 15 is 0 Å². The Labute approximate surface area is 225 Å². The molecule has 0 saturated heterocycles. The minimum atomic E-state index is 0.125. The maximum Gasteiger partial charge on any atom is 0.254 e. The lowest BCUT2D eigenvalue weighted by Crippen LogP contribution is -2.39. The molecule has 0 aliphatic carbocycles. The van der Waals surface area contributed by atoms with Crippen molar-refractivity contribution in [3.05, 3.63) is 95.6 Å². The Morgan fingerprint density at radius 2 is 1.16 bits per heavy atom. The highest BCUT2D eigenvalue weighted by molar-refractivity contribution is 5.94. The van der Waals surface area contributed by atoms with E-state index in [9.17, 15) is 4.79 Å². The predicted octanol–water partition coefficient (Wildman–Crippen LogP) is 8.24. The first-order chi connectivity index (χ1) is 18.1. The highest BCUT2D eigenvalue weighted by Gasteiger charge is 2.18. The van der Waals surface area contributed by atoms with Crippen molar-refractivity contribution in [1.82, 2.24) is 9.80 Å². The Hall–Kier alpha value is -2.91. The number of hydrogen-bond acceptors (Lipinski definition) is 2. The molecular weight excluding hydrogens is 452 g/mol. The van der Waals surface area contributed by atoms with Crippen molar-refractivity contribution >= 4 is 5.91 Å². The molecule has 0 atom stereocenters. The van der Waals surface area contributed by atoms with E-state index in [2.05, 4.69) is 86.3 Å². The quantitative estimate of drug-likeness (QED) is 0.198. The molecule has 0 N–H and O–H groups in total. The van der Waals surface area contributed by atoms with Crippen molar-refractivity contribution < 1.29 is 4.79 Å². The summed E-state index contributed by atoms with van der Waals surface area (Å²) in [6, 6.07) is 27.4. The second-order valence-corrected chi connectivity index (χ2v) is 10.1. The Morgan fingerprint density at radius 1 is 0.595 bits per heavy atom. The number of benzene rings is 3. The number of carbonyl (C=O) groups excluding carboxylic acids is 1. The minimum absolute atomic E-state index is 0.125. The summed E-state index contributed by atoms with van der Waals surface area (Å²) in [5.41, 5.74) is 5.69. The fourth-order valence-corrected chi connectivity index (χ4v) is 4.64. The van der Waals surface area contributed by atoms with Gasteiger partial charge in [0.1, 0.15) is 0 Å². The molecule has 3 nitrogen and oxygen atoms in total. The van der Waals surface area contributed by atoms with Gasteiger partial charge in [0.2, 0.25) is 0 Å². The van der Waals surface area contributed by atoms with Crippen LogP contribution in [0.5, 0.6) is 0 Å². The number of hydrogen-bond donors (Lipinski definition) is 0. The molecule has 37 heavy (non-hydrogen) atoms. The van der Waals surface area contributed by atoms with Gasteiger partial charge in [-0.25, -0.2) is 0 Å². The normalized spacial score (nSPS) is 11.1. The van der Waals surface area contributed by atoms with E-state index in [1.165, 1.54) is 60.8 Å². The van der Waals surface area contributed by atoms with Gasteiger partial charge in [-0.1, -0.05) is 107 Å². The Kier molecular flexibility index (Phi) is 12.4. The zero-order valence-corrected chi connectivity index (χ0v) is 23.3. The number of amides is 1. The number of carbonyl (C=O) groups is 1. The second kappa shape index (κ2) is 16.0. The minimum Gasteiger partial charge on any atom is -0.333 e. The molecule has 3 aromatic carbocycles. The van der Waals surface area contributed by atoms with Gasteiger partial charge in [-0.05, 0) is 73.2 Å². The smallest absolute Gasteiger partial charge is 0.254 e. The van der Waals surface area contributed by atoms with Crippen molar-refractivity contribution in [3.8, 4) is 11.1 Å². The SMILES string of the molecule is CCCCc1ccc(C(=O)N(CCN(CCCC)CCCC)Cc2ccc(-c3ccccc3)cc2)cc1. The fourth-order valence-electron chi connectivity index (χ4n) is 4.64. The summed E-state index contributed by atoms with van der Waals surface area (Å²) in [7, 11) is 0. The molecule has 3 rings (SSSR count). The largest absolute Gasteiger partial charge is 0.333 e. The average Bonchev–Trinajstić information content (AvgIpc) is 2.95. The van der Waals surface area contributed by atoms with Crippen LogP contribution in [0.2, 0.25) is 0 Å². The van der Waals surface area contributed by atoms with Crippen LogP contribution in [0.4, 0.5) is 0 Å². The molecule has 198 valence electrons. The standard InChI is InChI=1S/C34H46N2O/c1-4-7-13-29-16-22-33(23-17-29)34(37)36(27-26-35(24-8-5-2)25-9-6-3)28-30-18-20-32(21-19-30)31-14-11-10-12-15-31/h10-12,14-23H,4-9,13,24-28H2,1-3H3. The molecule has 0 spiro atoms. The number of rotatable bonds is 16. The van der Waals surface area contributed by atoms with E-state index in [-0.39, 0.29) is 5.91 Å². The van der Waals surface area contributed by atoms with E-state index in [0.717, 1.165) is 38.2 Å². The molecule has 3 aromatic rings. The van der Waals surface area contributed by atoms with Gasteiger partial charge in [-0.15, -0.1) is 0 Å². The molecule has 0 unspecified atom stereocenters. The van der Waals surface area contributed by atoms with Crippen LogP contribution in [0.3, 0.4) is 0 Å². The molecule has 0 heterocycles. The number of aryl methyl sites for hydroxylation is 1. The fraction of sp³-hybridized carbons (Fsp3) is 0.441. The van der Waals surface area contributed by atoms with Gasteiger partial charge >= 0.3 is 0 Å². The molecule has 0 bridgehead atoms. The highest BCUT2D eigenvalue weighted by Crippen LogP contribution is 2.20. The van der Waals surface area contributed by atoms with E-state index in [1.54, 1.807) is 0 Å². The van der Waals surface area contributed by atoms with Crippen molar-refractivity contribution in [2.45, 2.75) is 72.3 Å². The third-order valence-corrected chi connectivity index (χ3v) is 7.08. The summed E-state index contributed by atoms with van der Waals surface area (Å²) >= 11 is 0. The Bertz CT molecular complexity index is 1020. The van der Waals surface area contributed by atoms with Crippen LogP contribution in [0, 0.1) is 0 Å². The van der Waals surface area contributed by atoms with Gasteiger partial charge in [-0.2, -0.15) is 0 Å². The Balaban J connectivity index is 1.75. The van der Waals surface area contributed by atoms with Crippen molar-refractivity contribution in [3.63, 3.8) is 0 Å². The maximum absolute atomic E-state index is 13.7. The first-order valence-corrected chi connectivity index (χ1v) is 14.4. The van der Waals surface area contributed by atoms with Crippen LogP contribution in [0.1, 0.15) is 80.8 Å². The van der Waals surface area contributed by atoms with Crippen LogP contribution in [-0.2, 0) is 13.0 Å². The summed E-state index contributed by atoms with van der Waals surface area (Å²) < 4.78 is 0. The van der Waals surface area contributed by atoms with Crippen LogP contribution in [0.15, 0.2) is 78.9 Å².